The molecular weight excluding hydrogens is 1200 g/mol. The zero-order valence-electron chi connectivity index (χ0n) is 58.8. The van der Waals surface area contributed by atoms with Gasteiger partial charge in [-0.25, -0.2) is 9.13 Å². The molecule has 3 unspecified atom stereocenters. The van der Waals surface area contributed by atoms with Gasteiger partial charge in [-0.1, -0.05) is 285 Å². The van der Waals surface area contributed by atoms with Gasteiger partial charge in [-0.2, -0.15) is 0 Å². The minimum atomic E-state index is -4.96. The standard InChI is InChI=1S/C72H136O17P2/c1-8-10-11-12-13-14-15-16-17-21-24-27-30-39-46-53-69(74)82-59-67(88-71(76)55-48-41-31-28-25-22-19-18-20-23-26-29-36-43-50-63(3)4)61-86-90(78,79)84-57-66(73)58-85-91(80,81)87-62-68(60-83-70(75)54-47-40-34-32-37-44-51-64(5)6)89-72(77)56-49-42-35-33-38-45-52-65(7)9-2/h14-17,63-68,73H,8-13,18-62H2,1-7H3,(H,78,79)(H,80,81)/b15-14-,17-16-/t65?,66-,67-,68-/m1/s1. The number of allylic oxidation sites excluding steroid dienone is 4. The number of aliphatic hydroxyl groups excluding tert-OH is 1. The van der Waals surface area contributed by atoms with E-state index in [0.717, 1.165) is 127 Å². The maximum Gasteiger partial charge on any atom is 0.472 e. The first kappa shape index (κ1) is 88.5. The van der Waals surface area contributed by atoms with Crippen LogP contribution in [-0.4, -0.2) is 96.7 Å². The largest absolute Gasteiger partial charge is 0.472 e. The van der Waals surface area contributed by atoms with Crippen molar-refractivity contribution in [2.24, 2.45) is 17.8 Å². The molecule has 0 fully saturated rings. The van der Waals surface area contributed by atoms with Crippen LogP contribution >= 0.6 is 15.6 Å². The van der Waals surface area contributed by atoms with Crippen molar-refractivity contribution in [2.45, 2.75) is 356 Å². The highest BCUT2D eigenvalue weighted by atomic mass is 31.2. The zero-order chi connectivity index (χ0) is 67.3. The summed E-state index contributed by atoms with van der Waals surface area (Å²) in [6.45, 7) is 11.7. The van der Waals surface area contributed by atoms with Gasteiger partial charge in [0.25, 0.3) is 0 Å². The topological polar surface area (TPSA) is 237 Å². The van der Waals surface area contributed by atoms with E-state index in [4.69, 9.17) is 37.0 Å². The summed E-state index contributed by atoms with van der Waals surface area (Å²) in [5, 5.41) is 10.6. The van der Waals surface area contributed by atoms with E-state index in [0.29, 0.717) is 31.6 Å². The van der Waals surface area contributed by atoms with Gasteiger partial charge in [-0.05, 0) is 69.1 Å². The molecule has 0 rings (SSSR count). The molecule has 0 amide bonds. The molecule has 0 aromatic carbocycles. The smallest absolute Gasteiger partial charge is 0.462 e. The Morgan fingerprint density at radius 3 is 0.978 bits per heavy atom. The molecule has 19 heteroatoms. The number of phosphoric acid groups is 2. The van der Waals surface area contributed by atoms with Crippen LogP contribution in [-0.2, 0) is 65.4 Å². The Morgan fingerprint density at radius 2 is 0.648 bits per heavy atom. The number of phosphoric ester groups is 2. The molecule has 0 saturated heterocycles. The molecule has 17 nitrogen and oxygen atoms in total. The molecule has 536 valence electrons. The Bertz CT molecular complexity index is 1880. The van der Waals surface area contributed by atoms with Crippen molar-refractivity contribution in [3.8, 4) is 0 Å². The minimum absolute atomic E-state index is 0.0993. The predicted octanol–water partition coefficient (Wildman–Crippen LogP) is 20.2. The molecule has 0 spiro atoms. The van der Waals surface area contributed by atoms with E-state index in [2.05, 4.69) is 72.8 Å². The first-order valence-electron chi connectivity index (χ1n) is 36.7. The van der Waals surface area contributed by atoms with Gasteiger partial charge in [0.05, 0.1) is 26.4 Å². The lowest BCUT2D eigenvalue weighted by Crippen LogP contribution is -2.30. The van der Waals surface area contributed by atoms with E-state index in [1.54, 1.807) is 0 Å². The highest BCUT2D eigenvalue weighted by Gasteiger charge is 2.30. The average Bonchev–Trinajstić information content (AvgIpc) is 2.99. The van der Waals surface area contributed by atoms with Crippen molar-refractivity contribution >= 4 is 39.5 Å². The van der Waals surface area contributed by atoms with Crippen molar-refractivity contribution in [3.05, 3.63) is 24.3 Å². The van der Waals surface area contributed by atoms with E-state index in [1.165, 1.54) is 122 Å². The Morgan fingerprint density at radius 1 is 0.363 bits per heavy atom. The van der Waals surface area contributed by atoms with E-state index < -0.39 is 97.5 Å². The number of esters is 4. The van der Waals surface area contributed by atoms with Crippen molar-refractivity contribution < 1.29 is 80.2 Å². The number of carbonyl (C=O) groups is 4. The molecule has 0 heterocycles. The second kappa shape index (κ2) is 62.4. The van der Waals surface area contributed by atoms with Gasteiger partial charge in [0.1, 0.15) is 19.3 Å². The number of carbonyl (C=O) groups excluding carboxylic acids is 4. The van der Waals surface area contributed by atoms with Crippen LogP contribution in [0.1, 0.15) is 337 Å². The third kappa shape index (κ3) is 64.6. The number of hydrogen-bond acceptors (Lipinski definition) is 15. The molecule has 0 radical (unpaired) electrons. The van der Waals surface area contributed by atoms with Gasteiger partial charge in [0.2, 0.25) is 0 Å². The highest BCUT2D eigenvalue weighted by Crippen LogP contribution is 2.45. The lowest BCUT2D eigenvalue weighted by Gasteiger charge is -2.21. The number of rotatable bonds is 68. The zero-order valence-corrected chi connectivity index (χ0v) is 60.6. The first-order chi connectivity index (χ1) is 43.8. The molecule has 0 aliphatic rings. The van der Waals surface area contributed by atoms with Crippen LogP contribution in [0.15, 0.2) is 24.3 Å². The van der Waals surface area contributed by atoms with Crippen LogP contribution in [0.2, 0.25) is 0 Å². The monoisotopic (exact) mass is 1330 g/mol. The van der Waals surface area contributed by atoms with Crippen molar-refractivity contribution in [1.82, 2.24) is 0 Å². The summed E-state index contributed by atoms with van der Waals surface area (Å²) in [5.74, 6) is 0.0300. The third-order valence-electron chi connectivity index (χ3n) is 16.4. The van der Waals surface area contributed by atoms with E-state index in [9.17, 15) is 43.2 Å². The summed E-state index contributed by atoms with van der Waals surface area (Å²) in [6.07, 6.45) is 49.6. The molecule has 0 bridgehead atoms. The Kier molecular flexibility index (Phi) is 60.7. The van der Waals surface area contributed by atoms with Crippen LogP contribution in [0, 0.1) is 17.8 Å². The van der Waals surface area contributed by atoms with Crippen molar-refractivity contribution in [3.63, 3.8) is 0 Å². The second-order valence-electron chi connectivity index (χ2n) is 26.5. The highest BCUT2D eigenvalue weighted by molar-refractivity contribution is 7.47. The van der Waals surface area contributed by atoms with Gasteiger partial charge in [0.15, 0.2) is 12.2 Å². The SMILES string of the molecule is CCCCCC/C=C\C=C/CCCCCCCC(=O)OC[C@H](COP(=O)(O)OC[C@@H](O)COP(=O)(O)OC[C@@H](COC(=O)CCCCCCCCC(C)C)OC(=O)CCCCCCCCC(C)CC)OC(=O)CCCCCCCCCCCCCCCCC(C)C. The quantitative estimate of drug-likeness (QED) is 0.0169. The molecule has 0 aromatic heterocycles. The third-order valence-corrected chi connectivity index (χ3v) is 18.3. The van der Waals surface area contributed by atoms with Crippen LogP contribution in [0.25, 0.3) is 0 Å². The molecule has 0 saturated carbocycles. The Labute approximate surface area is 554 Å². The van der Waals surface area contributed by atoms with E-state index in [1.807, 2.05) is 0 Å². The molecule has 0 aliphatic heterocycles. The second-order valence-corrected chi connectivity index (χ2v) is 29.4. The molecule has 3 N–H and O–H groups in total. The Balaban J connectivity index is 5.27. The maximum atomic E-state index is 13.0. The number of ether oxygens (including phenoxy) is 4. The van der Waals surface area contributed by atoms with Gasteiger partial charge < -0.3 is 33.8 Å². The van der Waals surface area contributed by atoms with Crippen molar-refractivity contribution in [1.29, 1.82) is 0 Å². The molecule has 6 atom stereocenters. The van der Waals surface area contributed by atoms with E-state index >= 15 is 0 Å². The van der Waals surface area contributed by atoms with Crippen molar-refractivity contribution in [2.75, 3.05) is 39.6 Å². The number of hydrogen-bond donors (Lipinski definition) is 3. The van der Waals surface area contributed by atoms with Gasteiger partial charge in [0, 0.05) is 25.7 Å². The van der Waals surface area contributed by atoms with Crippen LogP contribution < -0.4 is 0 Å². The maximum absolute atomic E-state index is 13.0. The molecular formula is C72H136O17P2. The summed E-state index contributed by atoms with van der Waals surface area (Å²) in [7, 11) is -9.91. The number of aliphatic hydroxyl groups is 1. The molecule has 91 heavy (non-hydrogen) atoms. The first-order valence-corrected chi connectivity index (χ1v) is 39.7. The van der Waals surface area contributed by atoms with Gasteiger partial charge in [-0.3, -0.25) is 37.3 Å². The summed E-state index contributed by atoms with van der Waals surface area (Å²) >= 11 is 0. The fourth-order valence-electron chi connectivity index (χ4n) is 10.3. The lowest BCUT2D eigenvalue weighted by atomic mass is 10.00. The van der Waals surface area contributed by atoms with Gasteiger partial charge in [-0.15, -0.1) is 0 Å². The lowest BCUT2D eigenvalue weighted by molar-refractivity contribution is -0.161. The summed E-state index contributed by atoms with van der Waals surface area (Å²) in [5.41, 5.74) is 0. The summed E-state index contributed by atoms with van der Waals surface area (Å²) in [6, 6.07) is 0. The van der Waals surface area contributed by atoms with Gasteiger partial charge >= 0.3 is 39.5 Å². The van der Waals surface area contributed by atoms with Crippen LogP contribution in [0.4, 0.5) is 0 Å². The number of unbranched alkanes of at least 4 members (excludes halogenated alkanes) is 32. The predicted molar refractivity (Wildman–Crippen MR) is 367 cm³/mol. The van der Waals surface area contributed by atoms with Crippen LogP contribution in [0.3, 0.4) is 0 Å². The minimum Gasteiger partial charge on any atom is -0.462 e. The van der Waals surface area contributed by atoms with Crippen LogP contribution in [0.5, 0.6) is 0 Å². The normalized spacial score (nSPS) is 14.6. The molecule has 0 aliphatic carbocycles. The average molecular weight is 1340 g/mol. The fourth-order valence-corrected chi connectivity index (χ4v) is 11.9. The summed E-state index contributed by atoms with van der Waals surface area (Å²) in [4.78, 5) is 72.5. The fraction of sp³-hybridized carbons (Fsp3) is 0.889. The van der Waals surface area contributed by atoms with E-state index in [-0.39, 0.29) is 25.7 Å². The molecule has 0 aromatic rings. The summed E-state index contributed by atoms with van der Waals surface area (Å²) < 4.78 is 68.2. The Hall–Kier alpha value is -2.46.